The summed E-state index contributed by atoms with van der Waals surface area (Å²) < 4.78 is 0. The van der Waals surface area contributed by atoms with Crippen LogP contribution < -0.4 is 9.80 Å². The van der Waals surface area contributed by atoms with E-state index in [1.807, 2.05) is 48.6 Å². The zero-order chi connectivity index (χ0) is 23.9. The molecule has 0 saturated carbocycles. The minimum atomic E-state index is 0.393. The number of piperazine rings is 2. The summed E-state index contributed by atoms with van der Waals surface area (Å²) in [6.45, 7) is 7.75. The molecular formula is C28H34N4O2. The van der Waals surface area contributed by atoms with Crippen LogP contribution in [-0.4, -0.2) is 88.8 Å². The number of para-hydroxylation sites is 2. The van der Waals surface area contributed by atoms with Crippen LogP contribution in [0.4, 0.5) is 11.4 Å². The van der Waals surface area contributed by atoms with Crippen LogP contribution in [0.2, 0.25) is 0 Å². The molecule has 0 aromatic heterocycles. The van der Waals surface area contributed by atoms with Gasteiger partial charge in [-0.05, 0) is 49.5 Å². The molecule has 2 aliphatic heterocycles. The Hall–Kier alpha value is -3.22. The Morgan fingerprint density at radius 1 is 0.588 bits per heavy atom. The number of benzene rings is 2. The summed E-state index contributed by atoms with van der Waals surface area (Å²) in [5, 5.41) is 0. The predicted octanol–water partition coefficient (Wildman–Crippen LogP) is 3.06. The Morgan fingerprint density at radius 3 is 1.29 bits per heavy atom. The van der Waals surface area contributed by atoms with Crippen molar-refractivity contribution in [3.05, 3.63) is 70.8 Å². The van der Waals surface area contributed by atoms with E-state index in [0.717, 1.165) is 87.4 Å². The molecule has 0 amide bonds. The molecule has 0 radical (unpaired) electrons. The normalized spacial score (nSPS) is 18.8. The maximum Gasteiger partial charge on any atom is 0.150 e. The molecule has 0 spiro atoms. The molecule has 0 atom stereocenters. The Kier molecular flexibility index (Phi) is 7.93. The Morgan fingerprint density at radius 2 is 0.941 bits per heavy atom. The molecular weight excluding hydrogens is 424 g/mol. The highest BCUT2D eigenvalue weighted by molar-refractivity contribution is 6.03. The number of hydrogen-bond acceptors (Lipinski definition) is 6. The zero-order valence-electron chi connectivity index (χ0n) is 20.2. The molecule has 2 heterocycles. The minimum absolute atomic E-state index is 0.393. The fourth-order valence-electron chi connectivity index (χ4n) is 4.60. The summed E-state index contributed by atoms with van der Waals surface area (Å²) in [6, 6.07) is 16.2. The largest absolute Gasteiger partial charge is 0.368 e. The van der Waals surface area contributed by atoms with Gasteiger partial charge in [-0.3, -0.25) is 9.59 Å². The molecule has 2 aromatic rings. The van der Waals surface area contributed by atoms with Crippen molar-refractivity contribution < 1.29 is 9.59 Å². The van der Waals surface area contributed by atoms with Crippen LogP contribution in [0.5, 0.6) is 0 Å². The first-order valence-electron chi connectivity index (χ1n) is 12.0. The average molecular weight is 459 g/mol. The molecule has 0 aliphatic carbocycles. The van der Waals surface area contributed by atoms with Crippen LogP contribution in [0.25, 0.3) is 12.2 Å². The van der Waals surface area contributed by atoms with Gasteiger partial charge in [-0.25, -0.2) is 0 Å². The summed E-state index contributed by atoms with van der Waals surface area (Å²) in [7, 11) is 4.27. The van der Waals surface area contributed by atoms with Crippen molar-refractivity contribution in [1.29, 1.82) is 0 Å². The van der Waals surface area contributed by atoms with Crippen molar-refractivity contribution in [2.24, 2.45) is 0 Å². The molecule has 34 heavy (non-hydrogen) atoms. The third-order valence-electron chi connectivity index (χ3n) is 6.77. The number of aldehydes is 2. The van der Waals surface area contributed by atoms with Crippen LogP contribution in [0.1, 0.15) is 11.1 Å². The highest BCUT2D eigenvalue weighted by Gasteiger charge is 2.18. The molecule has 2 aliphatic rings. The molecule has 178 valence electrons. The van der Waals surface area contributed by atoms with E-state index in [2.05, 4.69) is 45.8 Å². The van der Waals surface area contributed by atoms with E-state index >= 15 is 0 Å². The van der Waals surface area contributed by atoms with Crippen LogP contribution in [0.15, 0.2) is 59.7 Å². The quantitative estimate of drug-likeness (QED) is 0.361. The van der Waals surface area contributed by atoms with E-state index in [-0.39, 0.29) is 0 Å². The Balaban J connectivity index is 1.66. The molecule has 6 nitrogen and oxygen atoms in total. The second-order valence-corrected chi connectivity index (χ2v) is 9.13. The van der Waals surface area contributed by atoms with Crippen molar-refractivity contribution in [3.8, 4) is 0 Å². The highest BCUT2D eigenvalue weighted by atomic mass is 16.1. The van der Waals surface area contributed by atoms with Crippen molar-refractivity contribution in [2.75, 3.05) is 76.3 Å². The van der Waals surface area contributed by atoms with Gasteiger partial charge in [-0.1, -0.05) is 36.4 Å². The van der Waals surface area contributed by atoms with Gasteiger partial charge >= 0.3 is 0 Å². The lowest BCUT2D eigenvalue weighted by molar-refractivity contribution is -0.107. The first-order valence-corrected chi connectivity index (χ1v) is 12.0. The van der Waals surface area contributed by atoms with Gasteiger partial charge in [0.1, 0.15) is 0 Å². The molecule has 2 aromatic carbocycles. The van der Waals surface area contributed by atoms with Crippen molar-refractivity contribution in [2.45, 2.75) is 0 Å². The van der Waals surface area contributed by atoms with E-state index in [4.69, 9.17) is 0 Å². The minimum Gasteiger partial charge on any atom is -0.368 e. The van der Waals surface area contributed by atoms with Gasteiger partial charge in [0.2, 0.25) is 0 Å². The second kappa shape index (κ2) is 11.3. The summed E-state index contributed by atoms with van der Waals surface area (Å²) in [5.41, 5.74) is 4.88. The van der Waals surface area contributed by atoms with E-state index in [0.29, 0.717) is 11.1 Å². The molecule has 2 saturated heterocycles. The van der Waals surface area contributed by atoms with Gasteiger partial charge in [0, 0.05) is 74.9 Å². The number of carbonyl (C=O) groups is 2. The maximum atomic E-state index is 12.1. The van der Waals surface area contributed by atoms with E-state index in [1.54, 1.807) is 0 Å². The number of allylic oxidation sites excluding steroid dienone is 2. The lowest BCUT2D eigenvalue weighted by Gasteiger charge is -2.35. The van der Waals surface area contributed by atoms with Gasteiger partial charge in [-0.2, -0.15) is 0 Å². The third kappa shape index (κ3) is 5.64. The number of nitrogens with zero attached hydrogens (tertiary/aromatic N) is 4. The number of likely N-dealkylation sites (N-methyl/N-ethyl adjacent to an activating group) is 2. The first kappa shape index (κ1) is 23.9. The summed E-state index contributed by atoms with van der Waals surface area (Å²) in [6.07, 6.45) is 5.28. The zero-order valence-corrected chi connectivity index (χ0v) is 20.2. The lowest BCUT2D eigenvalue weighted by atomic mass is 10.00. The van der Waals surface area contributed by atoms with Crippen molar-refractivity contribution >= 4 is 36.1 Å². The summed E-state index contributed by atoms with van der Waals surface area (Å²) in [5.74, 6) is 0. The van der Waals surface area contributed by atoms with E-state index < -0.39 is 0 Å². The monoisotopic (exact) mass is 458 g/mol. The van der Waals surface area contributed by atoms with Gasteiger partial charge in [0.25, 0.3) is 0 Å². The number of rotatable bonds is 7. The van der Waals surface area contributed by atoms with Gasteiger partial charge in [0.05, 0.1) is 0 Å². The van der Waals surface area contributed by atoms with Crippen molar-refractivity contribution in [3.63, 3.8) is 0 Å². The Labute approximate surface area is 202 Å². The fraction of sp³-hybridized carbons (Fsp3) is 0.357. The number of carbonyl (C=O) groups excluding carboxylic acids is 2. The topological polar surface area (TPSA) is 47.1 Å². The van der Waals surface area contributed by atoms with Gasteiger partial charge in [-0.15, -0.1) is 0 Å². The molecule has 6 heteroatoms. The molecule has 0 unspecified atom stereocenters. The predicted molar refractivity (Wildman–Crippen MR) is 140 cm³/mol. The molecule has 4 rings (SSSR count). The van der Waals surface area contributed by atoms with E-state index in [9.17, 15) is 9.59 Å². The average Bonchev–Trinajstić information content (AvgIpc) is 2.87. The standard InChI is InChI=1S/C28H34N4O2/c1-29-11-15-31(16-12-29)27-9-5-3-7-23(27)19-25(21-33)26(22-34)20-24-8-4-6-10-28(24)32-17-13-30(2)14-18-32/h3-10,19-22H,11-18H2,1-2H3/b25-19+,26-20+. The van der Waals surface area contributed by atoms with Crippen LogP contribution >= 0.6 is 0 Å². The number of hydrogen-bond donors (Lipinski definition) is 0. The second-order valence-electron chi connectivity index (χ2n) is 9.13. The number of anilines is 2. The van der Waals surface area contributed by atoms with Crippen LogP contribution in [0.3, 0.4) is 0 Å². The lowest BCUT2D eigenvalue weighted by Crippen LogP contribution is -2.44. The highest BCUT2D eigenvalue weighted by Crippen LogP contribution is 2.28. The molecule has 0 N–H and O–H groups in total. The van der Waals surface area contributed by atoms with Gasteiger partial charge < -0.3 is 19.6 Å². The van der Waals surface area contributed by atoms with E-state index in [1.165, 1.54) is 0 Å². The fourth-order valence-corrected chi connectivity index (χ4v) is 4.60. The van der Waals surface area contributed by atoms with Crippen LogP contribution in [0, 0.1) is 0 Å². The first-order chi connectivity index (χ1) is 16.6. The summed E-state index contributed by atoms with van der Waals surface area (Å²) >= 11 is 0. The third-order valence-corrected chi connectivity index (χ3v) is 6.77. The molecule has 2 fully saturated rings. The molecule has 0 bridgehead atoms. The smallest absolute Gasteiger partial charge is 0.150 e. The SMILES string of the molecule is CN1CCN(c2ccccc2/C=C(C=O)/C(C=O)=C/c2ccccc2N2CCN(C)CC2)CC1. The van der Waals surface area contributed by atoms with Gasteiger partial charge in [0.15, 0.2) is 12.6 Å². The Bertz CT molecular complexity index is 976. The van der Waals surface area contributed by atoms with Crippen molar-refractivity contribution in [1.82, 2.24) is 9.80 Å². The maximum absolute atomic E-state index is 12.1. The summed E-state index contributed by atoms with van der Waals surface area (Å²) in [4.78, 5) is 33.6. The van der Waals surface area contributed by atoms with Crippen LogP contribution in [-0.2, 0) is 9.59 Å².